The molecule has 24 heavy (non-hydrogen) atoms. The van der Waals surface area contributed by atoms with Crippen molar-refractivity contribution in [3.8, 4) is 0 Å². The van der Waals surface area contributed by atoms with Crippen LogP contribution in [0.3, 0.4) is 0 Å². The van der Waals surface area contributed by atoms with E-state index in [9.17, 15) is 4.79 Å². The molecule has 1 N–H and O–H groups in total. The van der Waals surface area contributed by atoms with Gasteiger partial charge in [-0.15, -0.1) is 0 Å². The highest BCUT2D eigenvalue weighted by molar-refractivity contribution is 8.23. The second kappa shape index (κ2) is 7.99. The molecule has 1 saturated heterocycles. The van der Waals surface area contributed by atoms with Crippen molar-refractivity contribution in [1.82, 2.24) is 4.90 Å². The number of likely N-dealkylation sites (tertiary alicyclic amines) is 1. The third-order valence-electron chi connectivity index (χ3n) is 4.40. The lowest BCUT2D eigenvalue weighted by molar-refractivity contribution is -0.113. The molecule has 1 heterocycles. The van der Waals surface area contributed by atoms with Gasteiger partial charge in [-0.3, -0.25) is 4.79 Å². The van der Waals surface area contributed by atoms with Crippen LogP contribution in [-0.4, -0.2) is 34.0 Å². The maximum absolute atomic E-state index is 12.2. The minimum absolute atomic E-state index is 0.0111. The normalized spacial score (nSPS) is 15.5. The molecule has 1 aliphatic heterocycles. The van der Waals surface area contributed by atoms with E-state index in [0.29, 0.717) is 5.75 Å². The molecule has 3 rings (SSSR count). The number of rotatable bonds is 3. The minimum Gasteiger partial charge on any atom is -0.357 e. The van der Waals surface area contributed by atoms with Gasteiger partial charge >= 0.3 is 0 Å². The van der Waals surface area contributed by atoms with Gasteiger partial charge in [0.15, 0.2) is 0 Å². The average Bonchev–Trinajstić information content (AvgIpc) is 2.60. The average molecular weight is 359 g/mol. The summed E-state index contributed by atoms with van der Waals surface area (Å²) in [5, 5.41) is 5.26. The van der Waals surface area contributed by atoms with Crippen LogP contribution in [0.15, 0.2) is 42.5 Å². The van der Waals surface area contributed by atoms with E-state index in [2.05, 4.69) is 23.2 Å². The molecule has 126 valence electrons. The van der Waals surface area contributed by atoms with Crippen LogP contribution in [0.4, 0.5) is 5.69 Å². The first-order valence-electron chi connectivity index (χ1n) is 8.32. The van der Waals surface area contributed by atoms with Gasteiger partial charge in [0, 0.05) is 18.8 Å². The fourth-order valence-corrected chi connectivity index (χ4v) is 3.93. The molecule has 0 radical (unpaired) electrons. The molecule has 0 spiro atoms. The fraction of sp³-hybridized carbons (Fsp3) is 0.368. The Labute approximate surface area is 152 Å². The van der Waals surface area contributed by atoms with E-state index < -0.39 is 0 Å². The van der Waals surface area contributed by atoms with Crippen LogP contribution < -0.4 is 5.32 Å². The van der Waals surface area contributed by atoms with Gasteiger partial charge in [0.1, 0.15) is 4.32 Å². The van der Waals surface area contributed by atoms with Crippen molar-refractivity contribution in [2.45, 2.75) is 19.8 Å². The molecule has 0 saturated carbocycles. The second-order valence-corrected chi connectivity index (χ2v) is 7.94. The summed E-state index contributed by atoms with van der Waals surface area (Å²) in [6.45, 7) is 4.31. The first kappa shape index (κ1) is 17.2. The topological polar surface area (TPSA) is 32.3 Å². The smallest absolute Gasteiger partial charge is 0.234 e. The number of piperidine rings is 1. The highest BCUT2D eigenvalue weighted by Gasteiger charge is 2.18. The number of carbonyl (C=O) groups excluding carboxylic acids is 1. The van der Waals surface area contributed by atoms with E-state index in [-0.39, 0.29) is 5.91 Å². The molecule has 0 atom stereocenters. The molecule has 1 fully saturated rings. The van der Waals surface area contributed by atoms with Crippen molar-refractivity contribution < 1.29 is 4.79 Å². The van der Waals surface area contributed by atoms with Crippen molar-refractivity contribution in [1.29, 1.82) is 0 Å². The van der Waals surface area contributed by atoms with Crippen LogP contribution in [0, 0.1) is 5.92 Å². The largest absolute Gasteiger partial charge is 0.357 e. The third-order valence-corrected chi connectivity index (χ3v) is 5.93. The number of hydrogen-bond donors (Lipinski definition) is 1. The van der Waals surface area contributed by atoms with Crippen LogP contribution in [0.5, 0.6) is 0 Å². The number of hydrogen-bond acceptors (Lipinski definition) is 3. The van der Waals surface area contributed by atoms with E-state index in [4.69, 9.17) is 12.2 Å². The summed E-state index contributed by atoms with van der Waals surface area (Å²) in [6, 6.07) is 14.1. The molecular formula is C19H22N2OS2. The lowest BCUT2D eigenvalue weighted by Gasteiger charge is -2.31. The molecule has 5 heteroatoms. The van der Waals surface area contributed by atoms with Crippen LogP contribution in [-0.2, 0) is 4.79 Å². The van der Waals surface area contributed by atoms with Gasteiger partial charge in [-0.05, 0) is 41.7 Å². The Morgan fingerprint density at radius 2 is 1.92 bits per heavy atom. The first-order valence-corrected chi connectivity index (χ1v) is 9.71. The fourth-order valence-electron chi connectivity index (χ4n) is 2.87. The van der Waals surface area contributed by atoms with Crippen LogP contribution >= 0.6 is 24.0 Å². The highest BCUT2D eigenvalue weighted by atomic mass is 32.2. The molecule has 0 bridgehead atoms. The number of fused-ring (bicyclic) bond motifs is 1. The van der Waals surface area contributed by atoms with Crippen molar-refractivity contribution in [2.75, 3.05) is 24.2 Å². The number of thiocarbonyl (C=S) groups is 1. The molecular weight excluding hydrogens is 336 g/mol. The van der Waals surface area contributed by atoms with Crippen molar-refractivity contribution in [3.05, 3.63) is 42.5 Å². The van der Waals surface area contributed by atoms with E-state index in [1.54, 1.807) is 0 Å². The van der Waals surface area contributed by atoms with E-state index in [0.717, 1.165) is 34.4 Å². The Hall–Kier alpha value is -1.59. The first-order chi connectivity index (χ1) is 11.6. The number of carbonyl (C=O) groups is 1. The lowest BCUT2D eigenvalue weighted by Crippen LogP contribution is -2.36. The molecule has 3 nitrogen and oxygen atoms in total. The lowest BCUT2D eigenvalue weighted by atomic mass is 10.00. The summed E-state index contributed by atoms with van der Waals surface area (Å²) in [7, 11) is 0. The monoisotopic (exact) mass is 358 g/mol. The van der Waals surface area contributed by atoms with Gasteiger partial charge in [0.05, 0.1) is 5.75 Å². The molecule has 2 aromatic rings. The van der Waals surface area contributed by atoms with Crippen LogP contribution in [0.25, 0.3) is 10.8 Å². The standard InChI is InChI=1S/C19H22N2OS2/c1-14-8-10-21(11-9-14)19(23)24-13-18(22)20-17-7-6-15-4-2-3-5-16(15)12-17/h2-7,12,14H,8-11,13H2,1H3,(H,20,22). The Kier molecular flexibility index (Phi) is 5.74. The Balaban J connectivity index is 1.50. The van der Waals surface area contributed by atoms with Crippen LogP contribution in [0.2, 0.25) is 0 Å². The number of benzene rings is 2. The quantitative estimate of drug-likeness (QED) is 0.817. The summed E-state index contributed by atoms with van der Waals surface area (Å²) in [6.07, 6.45) is 2.37. The number of nitrogens with zero attached hydrogens (tertiary/aromatic N) is 1. The van der Waals surface area contributed by atoms with Crippen molar-refractivity contribution in [2.24, 2.45) is 5.92 Å². The van der Waals surface area contributed by atoms with E-state index in [1.165, 1.54) is 30.0 Å². The minimum atomic E-state index is -0.0111. The molecule has 1 aliphatic rings. The summed E-state index contributed by atoms with van der Waals surface area (Å²) in [5.74, 6) is 1.13. The highest BCUT2D eigenvalue weighted by Crippen LogP contribution is 2.21. The predicted molar refractivity (Wildman–Crippen MR) is 108 cm³/mol. The summed E-state index contributed by atoms with van der Waals surface area (Å²) < 4.78 is 0.843. The van der Waals surface area contributed by atoms with Crippen LogP contribution in [0.1, 0.15) is 19.8 Å². The summed E-state index contributed by atoms with van der Waals surface area (Å²) in [5.41, 5.74) is 0.831. The Bertz CT molecular complexity index is 739. The number of anilines is 1. The van der Waals surface area contributed by atoms with Crippen molar-refractivity contribution >= 4 is 50.7 Å². The van der Waals surface area contributed by atoms with Gasteiger partial charge in [-0.25, -0.2) is 0 Å². The molecule has 0 unspecified atom stereocenters. The van der Waals surface area contributed by atoms with E-state index >= 15 is 0 Å². The number of amides is 1. The molecule has 0 aromatic heterocycles. The predicted octanol–water partition coefficient (Wildman–Crippen LogP) is 4.53. The third kappa shape index (κ3) is 4.48. The Morgan fingerprint density at radius 3 is 2.67 bits per heavy atom. The SMILES string of the molecule is CC1CCN(C(=S)SCC(=O)Nc2ccc3ccccc3c2)CC1. The zero-order valence-electron chi connectivity index (χ0n) is 13.8. The maximum atomic E-state index is 12.2. The van der Waals surface area contributed by atoms with Gasteiger partial charge in [0.2, 0.25) is 5.91 Å². The zero-order chi connectivity index (χ0) is 16.9. The molecule has 2 aromatic carbocycles. The summed E-state index contributed by atoms with van der Waals surface area (Å²) >= 11 is 6.93. The number of thioether (sulfide) groups is 1. The maximum Gasteiger partial charge on any atom is 0.234 e. The van der Waals surface area contributed by atoms with E-state index in [1.807, 2.05) is 36.4 Å². The van der Waals surface area contributed by atoms with Crippen molar-refractivity contribution in [3.63, 3.8) is 0 Å². The second-order valence-electron chi connectivity index (χ2n) is 6.33. The van der Waals surface area contributed by atoms with Gasteiger partial charge in [-0.2, -0.15) is 0 Å². The van der Waals surface area contributed by atoms with Gasteiger partial charge in [-0.1, -0.05) is 61.2 Å². The molecule has 0 aliphatic carbocycles. The summed E-state index contributed by atoms with van der Waals surface area (Å²) in [4.78, 5) is 14.4. The van der Waals surface area contributed by atoms with Gasteiger partial charge < -0.3 is 10.2 Å². The zero-order valence-corrected chi connectivity index (χ0v) is 15.5. The number of nitrogens with one attached hydrogen (secondary N) is 1. The Morgan fingerprint density at radius 1 is 1.21 bits per heavy atom. The molecule has 1 amide bonds. The van der Waals surface area contributed by atoms with Gasteiger partial charge in [0.25, 0.3) is 0 Å².